The summed E-state index contributed by atoms with van der Waals surface area (Å²) >= 11 is 0. The van der Waals surface area contributed by atoms with Gasteiger partial charge in [0.25, 0.3) is 0 Å². The molecule has 2 N–H and O–H groups in total. The average Bonchev–Trinajstić information content (AvgIpc) is 2.90. The van der Waals surface area contributed by atoms with Crippen molar-refractivity contribution in [1.82, 2.24) is 10.6 Å². The van der Waals surface area contributed by atoms with Crippen LogP contribution in [0.2, 0.25) is 0 Å². The number of carbonyl (C=O) groups is 1. The van der Waals surface area contributed by atoms with Gasteiger partial charge in [0.05, 0.1) is 5.54 Å². The number of nitrogens with one attached hydrogen (secondary N) is 2. The van der Waals surface area contributed by atoms with Gasteiger partial charge in [-0.2, -0.15) is 22.0 Å². The van der Waals surface area contributed by atoms with Crippen LogP contribution in [0.4, 0.5) is 35.5 Å². The van der Waals surface area contributed by atoms with Crippen molar-refractivity contribution in [2.75, 3.05) is 6.54 Å². The molecule has 0 spiro atoms. The molecular weight excluding hydrogens is 553 g/mol. The molecule has 0 aliphatic rings. The van der Waals surface area contributed by atoms with E-state index < -0.39 is 41.2 Å². The van der Waals surface area contributed by atoms with Crippen LogP contribution in [0.1, 0.15) is 42.4 Å². The van der Waals surface area contributed by atoms with Gasteiger partial charge < -0.3 is 15.4 Å². The van der Waals surface area contributed by atoms with E-state index in [0.29, 0.717) is 24.5 Å². The van der Waals surface area contributed by atoms with Crippen LogP contribution in [0.3, 0.4) is 0 Å². The first kappa shape index (κ1) is 31.3. The molecule has 0 heterocycles. The average molecular weight is 581 g/mol. The number of carbonyl (C=O) groups excluding carboxylic acids is 1. The Morgan fingerprint density at radius 2 is 1.51 bits per heavy atom. The second-order valence-electron chi connectivity index (χ2n) is 9.26. The summed E-state index contributed by atoms with van der Waals surface area (Å²) in [4.78, 5) is 13.2. The molecule has 0 saturated heterocycles. The summed E-state index contributed by atoms with van der Waals surface area (Å²) in [6, 6.07) is 14.5. The molecule has 0 aromatic heterocycles. The third-order valence-electron chi connectivity index (χ3n) is 6.20. The zero-order chi connectivity index (χ0) is 30.1. The third kappa shape index (κ3) is 8.39. The number of unbranched alkanes of at least 4 members (excludes halogenated alkanes) is 3. The largest absolute Gasteiger partial charge is 0.499 e. The molecule has 0 fully saturated rings. The molecule has 218 valence electrons. The van der Waals surface area contributed by atoms with Gasteiger partial charge in [0.1, 0.15) is 17.4 Å². The Balaban J connectivity index is 2.10. The molecule has 3 aromatic carbocycles. The van der Waals surface area contributed by atoms with Crippen LogP contribution in [0, 0.1) is 24.0 Å². The highest BCUT2D eigenvalue weighted by atomic mass is 19.4. The molecule has 1 atom stereocenters. The predicted octanol–water partition coefficient (Wildman–Crippen LogP) is 7.48. The van der Waals surface area contributed by atoms with E-state index in [4.69, 9.17) is 6.42 Å². The van der Waals surface area contributed by atoms with Crippen molar-refractivity contribution >= 4 is 6.03 Å². The smallest absolute Gasteiger partial charge is 0.426 e. The van der Waals surface area contributed by atoms with Crippen molar-refractivity contribution in [3.8, 4) is 18.1 Å². The molecule has 0 bridgehead atoms. The maximum Gasteiger partial charge on any atom is 0.499 e. The monoisotopic (exact) mass is 580 g/mol. The minimum atomic E-state index is -6.07. The normalized spacial score (nSPS) is 13.1. The zero-order valence-corrected chi connectivity index (χ0v) is 21.7. The number of ether oxygens (including phenoxy) is 1. The lowest BCUT2D eigenvalue weighted by molar-refractivity contribution is -0.360. The van der Waals surface area contributed by atoms with Gasteiger partial charge in [-0.15, -0.1) is 12.3 Å². The maximum atomic E-state index is 14.8. The number of urea groups is 1. The first-order valence-electron chi connectivity index (χ1n) is 12.6. The van der Waals surface area contributed by atoms with Crippen LogP contribution in [0.5, 0.6) is 5.75 Å². The van der Waals surface area contributed by atoms with E-state index in [-0.39, 0.29) is 24.1 Å². The lowest BCUT2D eigenvalue weighted by Gasteiger charge is -2.37. The topological polar surface area (TPSA) is 50.4 Å². The summed E-state index contributed by atoms with van der Waals surface area (Å²) in [7, 11) is 0. The molecule has 2 amide bonds. The molecule has 11 heteroatoms. The Morgan fingerprint density at radius 3 is 2.15 bits per heavy atom. The SMILES string of the molecule is C#CCCCCCNC(=O)N[C@](Cc1ccccc1)(c1ccc(F)cc1)c1cc(F)cc(OC(F)(F)C(F)(F)F)c1. The number of terminal acetylenes is 1. The minimum Gasteiger partial charge on any atom is -0.426 e. The van der Waals surface area contributed by atoms with Crippen LogP contribution in [-0.2, 0) is 12.0 Å². The molecule has 0 unspecified atom stereocenters. The molecular formula is C30H27F7N2O2. The van der Waals surface area contributed by atoms with E-state index in [9.17, 15) is 35.5 Å². The number of hydrogen-bond acceptors (Lipinski definition) is 2. The van der Waals surface area contributed by atoms with E-state index in [2.05, 4.69) is 21.3 Å². The van der Waals surface area contributed by atoms with Crippen molar-refractivity contribution in [3.63, 3.8) is 0 Å². The first-order valence-corrected chi connectivity index (χ1v) is 12.6. The summed E-state index contributed by atoms with van der Waals surface area (Å²) in [6.45, 7) is 0.233. The Kier molecular flexibility index (Phi) is 10.3. The van der Waals surface area contributed by atoms with Crippen molar-refractivity contribution in [1.29, 1.82) is 0 Å². The summed E-state index contributed by atoms with van der Waals surface area (Å²) in [5.74, 6) is -0.446. The lowest BCUT2D eigenvalue weighted by Crippen LogP contribution is -2.52. The lowest BCUT2D eigenvalue weighted by atomic mass is 9.77. The Bertz CT molecular complexity index is 1340. The Labute approximate surface area is 232 Å². The summed E-state index contributed by atoms with van der Waals surface area (Å²) in [5, 5.41) is 5.41. The summed E-state index contributed by atoms with van der Waals surface area (Å²) in [6.07, 6.45) is -3.93. The highest BCUT2D eigenvalue weighted by Gasteiger charge is 2.61. The number of benzene rings is 3. The molecule has 0 radical (unpaired) electrons. The second-order valence-corrected chi connectivity index (χ2v) is 9.26. The molecule has 3 aromatic rings. The number of hydrogen-bond donors (Lipinski definition) is 2. The van der Waals surface area contributed by atoms with Crippen molar-refractivity contribution in [2.45, 2.75) is 49.9 Å². The van der Waals surface area contributed by atoms with E-state index >= 15 is 0 Å². The fourth-order valence-corrected chi connectivity index (χ4v) is 4.24. The first-order chi connectivity index (χ1) is 19.4. The predicted molar refractivity (Wildman–Crippen MR) is 139 cm³/mol. The molecule has 0 saturated carbocycles. The maximum absolute atomic E-state index is 14.8. The van der Waals surface area contributed by atoms with Gasteiger partial charge in [-0.3, -0.25) is 0 Å². The van der Waals surface area contributed by atoms with E-state index in [0.717, 1.165) is 37.1 Å². The van der Waals surface area contributed by atoms with Crippen LogP contribution in [0.15, 0.2) is 72.8 Å². The summed E-state index contributed by atoms with van der Waals surface area (Å²) < 4.78 is 98.7. The second kappa shape index (κ2) is 13.4. The molecule has 4 nitrogen and oxygen atoms in total. The molecule has 3 rings (SSSR count). The zero-order valence-electron chi connectivity index (χ0n) is 21.7. The van der Waals surface area contributed by atoms with Gasteiger partial charge in [-0.1, -0.05) is 48.9 Å². The summed E-state index contributed by atoms with van der Waals surface area (Å²) in [5.41, 5.74) is -1.20. The minimum absolute atomic E-state index is 0.117. The van der Waals surface area contributed by atoms with Crippen LogP contribution in [-0.4, -0.2) is 24.9 Å². The number of alkyl halides is 5. The Morgan fingerprint density at radius 1 is 0.829 bits per heavy atom. The third-order valence-corrected chi connectivity index (χ3v) is 6.20. The van der Waals surface area contributed by atoms with Gasteiger partial charge in [0.2, 0.25) is 0 Å². The van der Waals surface area contributed by atoms with Gasteiger partial charge in [0, 0.05) is 25.5 Å². The molecule has 41 heavy (non-hydrogen) atoms. The highest BCUT2D eigenvalue weighted by molar-refractivity contribution is 5.76. The van der Waals surface area contributed by atoms with Crippen molar-refractivity contribution in [2.24, 2.45) is 0 Å². The Hall–Kier alpha value is -4.20. The highest BCUT2D eigenvalue weighted by Crippen LogP contribution is 2.40. The van der Waals surface area contributed by atoms with Gasteiger partial charge in [-0.05, 0) is 53.8 Å². The van der Waals surface area contributed by atoms with Crippen LogP contribution in [0.25, 0.3) is 0 Å². The standard InChI is InChI=1S/C30H27F7N2O2/c1-2-3-4-5-9-16-38-27(40)39-28(20-21-10-7-6-8-11-21,22-12-14-24(31)15-13-22)23-17-25(32)19-26(18-23)41-30(36,37)29(33,34)35/h1,6-8,10-15,17-19H,3-5,9,16,20H2,(H2,38,39,40)/t28-/m1/s1. The van der Waals surface area contributed by atoms with Gasteiger partial charge in [0.15, 0.2) is 0 Å². The molecule has 0 aliphatic heterocycles. The van der Waals surface area contributed by atoms with Crippen LogP contribution >= 0.6 is 0 Å². The number of rotatable bonds is 12. The number of amides is 2. The molecule has 0 aliphatic carbocycles. The van der Waals surface area contributed by atoms with E-state index in [1.165, 1.54) is 12.1 Å². The van der Waals surface area contributed by atoms with Crippen molar-refractivity contribution < 1.29 is 40.3 Å². The van der Waals surface area contributed by atoms with E-state index in [1.54, 1.807) is 30.3 Å². The van der Waals surface area contributed by atoms with Gasteiger partial charge >= 0.3 is 18.3 Å². The van der Waals surface area contributed by atoms with Gasteiger partial charge in [-0.25, -0.2) is 13.6 Å². The van der Waals surface area contributed by atoms with Crippen molar-refractivity contribution in [3.05, 3.63) is 101 Å². The number of halogens is 7. The quantitative estimate of drug-likeness (QED) is 0.133. The van der Waals surface area contributed by atoms with E-state index in [1.807, 2.05) is 0 Å². The van der Waals surface area contributed by atoms with Crippen LogP contribution < -0.4 is 15.4 Å². The fourth-order valence-electron chi connectivity index (χ4n) is 4.24. The fraction of sp³-hybridized carbons (Fsp3) is 0.300.